The van der Waals surface area contributed by atoms with Crippen molar-refractivity contribution in [3.8, 4) is 12.3 Å². The number of nitrogens with zero attached hydrogens (tertiary/aromatic N) is 1. The van der Waals surface area contributed by atoms with E-state index in [0.29, 0.717) is 24.8 Å². The second-order valence-electron chi connectivity index (χ2n) is 4.83. The zero-order valence-corrected chi connectivity index (χ0v) is 13.6. The minimum Gasteiger partial charge on any atom is -0.452 e. The predicted octanol–water partition coefficient (Wildman–Crippen LogP) is 1.80. The second-order valence-corrected chi connectivity index (χ2v) is 7.45. The van der Waals surface area contributed by atoms with Gasteiger partial charge in [-0.25, -0.2) is 8.42 Å². The monoisotopic (exact) mass is 360 g/mol. The van der Waals surface area contributed by atoms with Crippen molar-refractivity contribution in [3.05, 3.63) is 16.5 Å². The van der Waals surface area contributed by atoms with Crippen molar-refractivity contribution in [3.63, 3.8) is 0 Å². The molecule has 110 valence electrons. The molecular weight excluding hydrogens is 344 g/mol. The molecule has 1 aliphatic carbocycles. The number of sulfonamides is 1. The summed E-state index contributed by atoms with van der Waals surface area (Å²) in [6.45, 7) is 1.02. The highest BCUT2D eigenvalue weighted by molar-refractivity contribution is 9.10. The molecule has 1 N–H and O–H groups in total. The maximum atomic E-state index is 12.6. The third kappa shape index (κ3) is 3.44. The maximum Gasteiger partial charge on any atom is 0.248 e. The lowest BCUT2D eigenvalue weighted by atomic mass is 10.4. The molecule has 1 fully saturated rings. The molecule has 0 saturated heterocycles. The van der Waals surface area contributed by atoms with Crippen molar-refractivity contribution < 1.29 is 12.8 Å². The Morgan fingerprint density at radius 1 is 1.60 bits per heavy atom. The third-order valence-corrected chi connectivity index (χ3v) is 5.77. The van der Waals surface area contributed by atoms with E-state index < -0.39 is 10.0 Å². The molecule has 0 bridgehead atoms. The van der Waals surface area contributed by atoms with Crippen LogP contribution in [0.5, 0.6) is 0 Å². The van der Waals surface area contributed by atoms with Gasteiger partial charge in [0.2, 0.25) is 10.0 Å². The smallest absolute Gasteiger partial charge is 0.248 e. The van der Waals surface area contributed by atoms with Crippen LogP contribution in [0.2, 0.25) is 0 Å². The molecule has 2 rings (SSSR count). The first-order chi connectivity index (χ1) is 9.48. The van der Waals surface area contributed by atoms with Crippen LogP contribution in [0.4, 0.5) is 0 Å². The van der Waals surface area contributed by atoms with Crippen LogP contribution in [0.15, 0.2) is 20.0 Å². The molecule has 1 aliphatic rings. The summed E-state index contributed by atoms with van der Waals surface area (Å²) in [6.07, 6.45) is 7.42. The molecule has 0 aliphatic heterocycles. The normalized spacial score (nSPS) is 15.5. The van der Waals surface area contributed by atoms with Crippen LogP contribution in [0.25, 0.3) is 0 Å². The van der Waals surface area contributed by atoms with E-state index in [-0.39, 0.29) is 16.1 Å². The van der Waals surface area contributed by atoms with E-state index in [1.165, 1.54) is 10.4 Å². The highest BCUT2D eigenvalue weighted by atomic mass is 79.9. The molecule has 1 heterocycles. The number of hydrogen-bond acceptors (Lipinski definition) is 4. The number of nitrogens with one attached hydrogen (secondary N) is 1. The largest absolute Gasteiger partial charge is 0.452 e. The van der Waals surface area contributed by atoms with Gasteiger partial charge in [-0.3, -0.25) is 0 Å². The maximum absolute atomic E-state index is 12.6. The predicted molar refractivity (Wildman–Crippen MR) is 79.5 cm³/mol. The van der Waals surface area contributed by atoms with E-state index in [1.807, 2.05) is 0 Å². The first-order valence-corrected chi connectivity index (χ1v) is 8.58. The van der Waals surface area contributed by atoms with E-state index in [4.69, 9.17) is 10.8 Å². The average Bonchev–Trinajstić information content (AvgIpc) is 3.12. The van der Waals surface area contributed by atoms with Crippen LogP contribution in [0.3, 0.4) is 0 Å². The Balaban J connectivity index is 2.28. The van der Waals surface area contributed by atoms with Crippen molar-refractivity contribution >= 4 is 26.0 Å². The van der Waals surface area contributed by atoms with Gasteiger partial charge in [-0.2, -0.15) is 4.31 Å². The number of rotatable bonds is 7. The van der Waals surface area contributed by atoms with E-state index >= 15 is 0 Å². The summed E-state index contributed by atoms with van der Waals surface area (Å²) in [4.78, 5) is 0.138. The molecule has 20 heavy (non-hydrogen) atoms. The molecule has 1 aromatic heterocycles. The first-order valence-electron chi connectivity index (χ1n) is 6.35. The fourth-order valence-electron chi connectivity index (χ4n) is 1.91. The molecule has 0 spiro atoms. The fraction of sp³-hybridized carbons (Fsp3) is 0.538. The Labute approximate surface area is 127 Å². The highest BCUT2D eigenvalue weighted by Crippen LogP contribution is 2.33. The van der Waals surface area contributed by atoms with Crippen LogP contribution in [0.1, 0.15) is 18.6 Å². The number of halogens is 1. The van der Waals surface area contributed by atoms with E-state index in [2.05, 4.69) is 27.2 Å². The second kappa shape index (κ2) is 6.31. The van der Waals surface area contributed by atoms with Crippen LogP contribution in [-0.2, 0) is 16.6 Å². The average molecular weight is 361 g/mol. The first kappa shape index (κ1) is 15.6. The van der Waals surface area contributed by atoms with Crippen molar-refractivity contribution in [1.29, 1.82) is 0 Å². The van der Waals surface area contributed by atoms with Crippen molar-refractivity contribution in [1.82, 2.24) is 9.62 Å². The minimum atomic E-state index is -3.62. The summed E-state index contributed by atoms with van der Waals surface area (Å²) in [5.41, 5.74) is 0. The quantitative estimate of drug-likeness (QED) is 0.753. The highest BCUT2D eigenvalue weighted by Gasteiger charge is 2.33. The van der Waals surface area contributed by atoms with Crippen molar-refractivity contribution in [2.45, 2.75) is 24.3 Å². The van der Waals surface area contributed by atoms with Crippen LogP contribution < -0.4 is 5.32 Å². The molecule has 0 amide bonds. The Morgan fingerprint density at radius 3 is 2.85 bits per heavy atom. The summed E-state index contributed by atoms with van der Waals surface area (Å²) in [5.74, 6) is 3.41. The van der Waals surface area contributed by atoms with E-state index in [1.54, 1.807) is 7.05 Å². The zero-order chi connectivity index (χ0) is 14.8. The van der Waals surface area contributed by atoms with Gasteiger partial charge in [0.25, 0.3) is 0 Å². The number of hydrogen-bond donors (Lipinski definition) is 1. The van der Waals surface area contributed by atoms with Gasteiger partial charge >= 0.3 is 0 Å². The molecule has 0 unspecified atom stereocenters. The summed E-state index contributed by atoms with van der Waals surface area (Å²) in [6, 6.07) is 1.53. The third-order valence-electron chi connectivity index (χ3n) is 3.10. The van der Waals surface area contributed by atoms with Crippen LogP contribution >= 0.6 is 15.9 Å². The lowest BCUT2D eigenvalue weighted by Crippen LogP contribution is -2.33. The molecule has 0 radical (unpaired) electrons. The van der Waals surface area contributed by atoms with Crippen molar-refractivity contribution in [2.75, 3.05) is 20.1 Å². The minimum absolute atomic E-state index is 0.0812. The summed E-state index contributed by atoms with van der Waals surface area (Å²) < 4.78 is 32.2. The Morgan fingerprint density at radius 2 is 2.30 bits per heavy atom. The van der Waals surface area contributed by atoms with Gasteiger partial charge in [-0.1, -0.05) is 5.92 Å². The summed E-state index contributed by atoms with van der Waals surface area (Å²) >= 11 is 3.17. The van der Waals surface area contributed by atoms with Gasteiger partial charge in [0.1, 0.15) is 10.7 Å². The molecule has 1 aromatic rings. The Bertz CT molecular complexity index is 614. The summed E-state index contributed by atoms with van der Waals surface area (Å²) in [5, 5.41) is 2.92. The molecular formula is C13H17BrN2O3S. The standard InChI is InChI=1S/C13H17BrN2O3S/c1-3-6-16(9-10-4-5-10)20(17,18)12-7-11(8-15-2)19-13(12)14/h1,7,10,15H,4-6,8-9H2,2H3. The molecule has 7 heteroatoms. The molecule has 5 nitrogen and oxygen atoms in total. The van der Waals surface area contributed by atoms with Gasteiger partial charge in [0.05, 0.1) is 13.1 Å². The van der Waals surface area contributed by atoms with E-state index in [9.17, 15) is 8.42 Å². The van der Waals surface area contributed by atoms with Crippen LogP contribution in [-0.4, -0.2) is 32.9 Å². The topological polar surface area (TPSA) is 62.6 Å². The SMILES string of the molecule is C#CCN(CC1CC1)S(=O)(=O)c1cc(CNC)oc1Br. The Hall–Kier alpha value is -0.810. The van der Waals surface area contributed by atoms with Gasteiger partial charge in [-0.05, 0) is 41.7 Å². The Kier molecular flexibility index (Phi) is 4.91. The summed E-state index contributed by atoms with van der Waals surface area (Å²) in [7, 11) is -1.86. The fourth-order valence-corrected chi connectivity index (χ4v) is 4.30. The number of furan rings is 1. The van der Waals surface area contributed by atoms with Crippen LogP contribution in [0, 0.1) is 18.3 Å². The van der Waals surface area contributed by atoms with E-state index in [0.717, 1.165) is 12.8 Å². The van der Waals surface area contributed by atoms with Crippen molar-refractivity contribution in [2.24, 2.45) is 5.92 Å². The van der Waals surface area contributed by atoms with Gasteiger partial charge in [0, 0.05) is 12.6 Å². The molecule has 0 aromatic carbocycles. The van der Waals surface area contributed by atoms with Gasteiger partial charge in [0.15, 0.2) is 4.67 Å². The van der Waals surface area contributed by atoms with Gasteiger partial charge in [-0.15, -0.1) is 6.42 Å². The lowest BCUT2D eigenvalue weighted by molar-refractivity contribution is 0.426. The van der Waals surface area contributed by atoms with Gasteiger partial charge < -0.3 is 9.73 Å². The number of terminal acetylenes is 1. The molecule has 1 saturated carbocycles. The molecule has 0 atom stereocenters. The lowest BCUT2D eigenvalue weighted by Gasteiger charge is -2.18. The zero-order valence-electron chi connectivity index (χ0n) is 11.2.